The first-order valence-corrected chi connectivity index (χ1v) is 8.16. The normalized spacial score (nSPS) is 10.8. The van der Waals surface area contributed by atoms with E-state index < -0.39 is 0 Å². The van der Waals surface area contributed by atoms with Crippen molar-refractivity contribution in [3.8, 4) is 11.5 Å². The first kappa shape index (κ1) is 17.0. The third-order valence-electron chi connectivity index (χ3n) is 4.18. The number of benzene rings is 3. The van der Waals surface area contributed by atoms with Crippen LogP contribution >= 0.6 is 0 Å². The summed E-state index contributed by atoms with van der Waals surface area (Å²) in [6, 6.07) is 13.6. The fourth-order valence-corrected chi connectivity index (χ4v) is 3.08. The Hall–Kier alpha value is -2.79. The molecular weight excluding hydrogens is 318 g/mol. The molecule has 0 radical (unpaired) electrons. The highest BCUT2D eigenvalue weighted by Crippen LogP contribution is 2.43. The van der Waals surface area contributed by atoms with E-state index in [9.17, 15) is 4.79 Å². The Morgan fingerprint density at radius 1 is 0.960 bits per heavy atom. The van der Waals surface area contributed by atoms with E-state index in [1.54, 1.807) is 14.2 Å². The highest BCUT2D eigenvalue weighted by atomic mass is 16.5. The molecular formula is C20H21NO4. The number of anilines is 1. The largest absolute Gasteiger partial charge is 0.495 e. The molecule has 2 N–H and O–H groups in total. The fourth-order valence-electron chi connectivity index (χ4n) is 3.08. The van der Waals surface area contributed by atoms with Gasteiger partial charge in [-0.25, -0.2) is 0 Å². The van der Waals surface area contributed by atoms with Crippen molar-refractivity contribution >= 4 is 33.1 Å². The molecule has 0 atom stereocenters. The molecule has 0 spiro atoms. The van der Waals surface area contributed by atoms with Gasteiger partial charge in [-0.3, -0.25) is 4.79 Å². The minimum Gasteiger partial charge on any atom is -0.495 e. The van der Waals surface area contributed by atoms with Crippen molar-refractivity contribution in [1.29, 1.82) is 0 Å². The highest BCUT2D eigenvalue weighted by molar-refractivity contribution is 6.12. The molecule has 130 valence electrons. The Morgan fingerprint density at radius 2 is 1.56 bits per heavy atom. The second kappa shape index (κ2) is 7.40. The van der Waals surface area contributed by atoms with E-state index in [0.717, 1.165) is 33.0 Å². The third-order valence-corrected chi connectivity index (χ3v) is 4.18. The van der Waals surface area contributed by atoms with Crippen LogP contribution in [0.4, 0.5) is 5.69 Å². The van der Waals surface area contributed by atoms with Gasteiger partial charge in [0.25, 0.3) is 0 Å². The lowest BCUT2D eigenvalue weighted by atomic mass is 10.00. The number of rotatable bonds is 6. The quantitative estimate of drug-likeness (QED) is 0.672. The second-order valence-electron chi connectivity index (χ2n) is 5.75. The van der Waals surface area contributed by atoms with Gasteiger partial charge < -0.3 is 19.9 Å². The molecule has 0 unspecified atom stereocenters. The van der Waals surface area contributed by atoms with E-state index >= 15 is 0 Å². The third kappa shape index (κ3) is 3.23. The molecule has 3 aromatic carbocycles. The van der Waals surface area contributed by atoms with Crippen LogP contribution in [0.3, 0.4) is 0 Å². The zero-order chi connectivity index (χ0) is 17.8. The molecule has 0 aromatic heterocycles. The summed E-state index contributed by atoms with van der Waals surface area (Å²) in [4.78, 5) is 11.9. The van der Waals surface area contributed by atoms with Crippen molar-refractivity contribution in [3.05, 3.63) is 42.5 Å². The molecule has 0 heterocycles. The number of aliphatic hydroxyl groups is 1. The van der Waals surface area contributed by atoms with Crippen LogP contribution in [0.5, 0.6) is 11.5 Å². The maximum Gasteiger partial charge on any atom is 0.224 e. The summed E-state index contributed by atoms with van der Waals surface area (Å²) >= 11 is 0. The predicted octanol–water partition coefficient (Wildman–Crippen LogP) is 3.72. The molecule has 0 aliphatic carbocycles. The van der Waals surface area contributed by atoms with Crippen LogP contribution in [0, 0.1) is 0 Å². The zero-order valence-electron chi connectivity index (χ0n) is 14.3. The number of amides is 1. The molecule has 5 nitrogen and oxygen atoms in total. The van der Waals surface area contributed by atoms with Gasteiger partial charge in [0.2, 0.25) is 5.91 Å². The Balaban J connectivity index is 2.15. The van der Waals surface area contributed by atoms with Crippen molar-refractivity contribution in [1.82, 2.24) is 0 Å². The number of ether oxygens (including phenoxy) is 2. The number of carbonyl (C=O) groups is 1. The Bertz CT molecular complexity index is 920. The first-order valence-electron chi connectivity index (χ1n) is 8.16. The SMILES string of the molecule is COc1c2ccccc2c(OC)c2cc(NC(=O)CCCO)ccc12. The molecule has 0 saturated heterocycles. The average molecular weight is 339 g/mol. The number of hydrogen-bond acceptors (Lipinski definition) is 4. The van der Waals surface area contributed by atoms with Gasteiger partial charge in [0.1, 0.15) is 11.5 Å². The molecule has 3 rings (SSSR count). The number of fused-ring (bicyclic) bond motifs is 2. The van der Waals surface area contributed by atoms with Gasteiger partial charge in [-0.2, -0.15) is 0 Å². The van der Waals surface area contributed by atoms with Crippen LogP contribution in [0.25, 0.3) is 21.5 Å². The van der Waals surface area contributed by atoms with Gasteiger partial charge >= 0.3 is 0 Å². The van der Waals surface area contributed by atoms with Crippen LogP contribution in [-0.4, -0.2) is 31.8 Å². The van der Waals surface area contributed by atoms with Crippen molar-refractivity contribution < 1.29 is 19.4 Å². The fraction of sp³-hybridized carbons (Fsp3) is 0.250. The van der Waals surface area contributed by atoms with E-state index in [0.29, 0.717) is 12.1 Å². The molecule has 0 fully saturated rings. The van der Waals surface area contributed by atoms with Crippen molar-refractivity contribution in [2.75, 3.05) is 26.1 Å². The molecule has 1 amide bonds. The standard InChI is InChI=1S/C20H21NO4/c1-24-19-14-6-3-4-7-15(14)20(25-2)17-12-13(9-10-16(17)19)21-18(23)8-5-11-22/h3-4,6-7,9-10,12,22H,5,8,11H2,1-2H3,(H,21,23). The van der Waals surface area contributed by atoms with Crippen LogP contribution in [0.15, 0.2) is 42.5 Å². The lowest BCUT2D eigenvalue weighted by molar-refractivity contribution is -0.116. The summed E-state index contributed by atoms with van der Waals surface area (Å²) in [7, 11) is 3.29. The Kier molecular flexibility index (Phi) is 5.05. The lowest BCUT2D eigenvalue weighted by Crippen LogP contribution is -2.11. The molecule has 0 aliphatic rings. The summed E-state index contributed by atoms with van der Waals surface area (Å²) in [6.07, 6.45) is 0.730. The zero-order valence-corrected chi connectivity index (χ0v) is 14.3. The van der Waals surface area contributed by atoms with E-state index in [-0.39, 0.29) is 18.9 Å². The molecule has 0 saturated carbocycles. The van der Waals surface area contributed by atoms with Crippen LogP contribution in [0.2, 0.25) is 0 Å². The first-order chi connectivity index (χ1) is 12.2. The molecule has 0 aliphatic heterocycles. The van der Waals surface area contributed by atoms with Crippen molar-refractivity contribution in [2.45, 2.75) is 12.8 Å². The van der Waals surface area contributed by atoms with Gasteiger partial charge in [-0.05, 0) is 24.6 Å². The second-order valence-corrected chi connectivity index (χ2v) is 5.75. The molecule has 0 bridgehead atoms. The van der Waals surface area contributed by atoms with E-state index in [1.165, 1.54) is 0 Å². The van der Waals surface area contributed by atoms with Crippen LogP contribution in [-0.2, 0) is 4.79 Å². The minimum atomic E-state index is -0.125. The Labute approximate surface area is 146 Å². The van der Waals surface area contributed by atoms with Gasteiger partial charge in [0.15, 0.2) is 0 Å². The van der Waals surface area contributed by atoms with Crippen LogP contribution in [0.1, 0.15) is 12.8 Å². The highest BCUT2D eigenvalue weighted by Gasteiger charge is 2.15. The van der Waals surface area contributed by atoms with Crippen molar-refractivity contribution in [3.63, 3.8) is 0 Å². The van der Waals surface area contributed by atoms with Crippen molar-refractivity contribution in [2.24, 2.45) is 0 Å². The Morgan fingerprint density at radius 3 is 2.16 bits per heavy atom. The number of methoxy groups -OCH3 is 2. The summed E-state index contributed by atoms with van der Waals surface area (Å²) in [6.45, 7) is 0.00213. The molecule has 3 aromatic rings. The summed E-state index contributed by atoms with van der Waals surface area (Å²) in [5, 5.41) is 15.4. The smallest absolute Gasteiger partial charge is 0.224 e. The summed E-state index contributed by atoms with van der Waals surface area (Å²) in [5.74, 6) is 1.41. The lowest BCUT2D eigenvalue weighted by Gasteiger charge is -2.16. The summed E-state index contributed by atoms with van der Waals surface area (Å²) in [5.41, 5.74) is 0.686. The van der Waals surface area contributed by atoms with Crippen LogP contribution < -0.4 is 14.8 Å². The maximum atomic E-state index is 11.9. The number of aliphatic hydroxyl groups excluding tert-OH is 1. The van der Waals surface area contributed by atoms with Gasteiger partial charge in [-0.1, -0.05) is 24.3 Å². The number of carbonyl (C=O) groups excluding carboxylic acids is 1. The molecule has 5 heteroatoms. The minimum absolute atomic E-state index is 0.00213. The topological polar surface area (TPSA) is 67.8 Å². The van der Waals surface area contributed by atoms with Gasteiger partial charge in [0.05, 0.1) is 14.2 Å². The van der Waals surface area contributed by atoms with E-state index in [2.05, 4.69) is 5.32 Å². The predicted molar refractivity (Wildman–Crippen MR) is 99.5 cm³/mol. The molecule has 25 heavy (non-hydrogen) atoms. The van der Waals surface area contributed by atoms with E-state index in [4.69, 9.17) is 14.6 Å². The van der Waals surface area contributed by atoms with Gasteiger partial charge in [0, 0.05) is 40.3 Å². The number of hydrogen-bond donors (Lipinski definition) is 2. The number of nitrogens with one attached hydrogen (secondary N) is 1. The monoisotopic (exact) mass is 339 g/mol. The summed E-state index contributed by atoms with van der Waals surface area (Å²) < 4.78 is 11.3. The van der Waals surface area contributed by atoms with E-state index in [1.807, 2.05) is 42.5 Å². The maximum absolute atomic E-state index is 11.9. The van der Waals surface area contributed by atoms with Gasteiger partial charge in [-0.15, -0.1) is 0 Å². The average Bonchev–Trinajstić information content (AvgIpc) is 2.64.